The van der Waals surface area contributed by atoms with Gasteiger partial charge in [-0.3, -0.25) is 0 Å². The summed E-state index contributed by atoms with van der Waals surface area (Å²) in [6.07, 6.45) is 0.405. The minimum atomic E-state index is -0.430. The van der Waals surface area contributed by atoms with Crippen molar-refractivity contribution in [2.24, 2.45) is 5.92 Å². The van der Waals surface area contributed by atoms with E-state index in [2.05, 4.69) is 5.32 Å². The molecule has 0 aromatic heterocycles. The number of carbonyl (C=O) groups excluding carboxylic acids is 1. The van der Waals surface area contributed by atoms with Gasteiger partial charge in [0.1, 0.15) is 0 Å². The summed E-state index contributed by atoms with van der Waals surface area (Å²) in [6.45, 7) is 4.49. The Kier molecular flexibility index (Phi) is 6.49. The predicted molar refractivity (Wildman–Crippen MR) is 85.9 cm³/mol. The van der Waals surface area contributed by atoms with Crippen LogP contribution in [0.5, 0.6) is 0 Å². The van der Waals surface area contributed by atoms with Gasteiger partial charge in [-0.25, -0.2) is 4.79 Å². The summed E-state index contributed by atoms with van der Waals surface area (Å²) in [5.74, 6) is 0.256. The molecule has 1 aromatic rings. The van der Waals surface area contributed by atoms with Crippen molar-refractivity contribution in [2.75, 3.05) is 26.2 Å². The van der Waals surface area contributed by atoms with Crippen LogP contribution in [-0.4, -0.2) is 48.4 Å². The summed E-state index contributed by atoms with van der Waals surface area (Å²) < 4.78 is 5.51. The van der Waals surface area contributed by atoms with Gasteiger partial charge in [-0.2, -0.15) is 0 Å². The molecule has 122 valence electrons. The zero-order valence-corrected chi connectivity index (χ0v) is 13.6. The van der Waals surface area contributed by atoms with Crippen molar-refractivity contribution in [2.45, 2.75) is 26.1 Å². The molecule has 0 unspecified atom stereocenters. The Morgan fingerprint density at radius 1 is 1.45 bits per heavy atom. The van der Waals surface area contributed by atoms with Gasteiger partial charge in [0.15, 0.2) is 0 Å². The van der Waals surface area contributed by atoms with Crippen LogP contribution in [-0.2, 0) is 11.3 Å². The number of halogens is 1. The van der Waals surface area contributed by atoms with Gasteiger partial charge in [0.05, 0.1) is 19.3 Å². The largest absolute Gasteiger partial charge is 0.391 e. The molecule has 1 fully saturated rings. The molecule has 0 bridgehead atoms. The molecule has 1 aliphatic heterocycles. The molecule has 2 atom stereocenters. The van der Waals surface area contributed by atoms with E-state index in [4.69, 9.17) is 16.3 Å². The molecular weight excluding hydrogens is 304 g/mol. The Morgan fingerprint density at radius 2 is 2.18 bits per heavy atom. The second kappa shape index (κ2) is 8.36. The Balaban J connectivity index is 1.60. The first-order valence-electron chi connectivity index (χ1n) is 7.59. The van der Waals surface area contributed by atoms with Gasteiger partial charge in [-0.15, -0.1) is 0 Å². The summed E-state index contributed by atoms with van der Waals surface area (Å²) in [7, 11) is 0. The Morgan fingerprint density at radius 3 is 2.86 bits per heavy atom. The highest BCUT2D eigenvalue weighted by molar-refractivity contribution is 6.30. The SMILES string of the molecule is C[C@@H]1CCN(C(=O)NCCOCc2ccc(Cl)cc2)C[C@@H]1O. The molecule has 1 aromatic carbocycles. The molecule has 0 aliphatic carbocycles. The van der Waals surface area contributed by atoms with E-state index in [1.165, 1.54) is 0 Å². The summed E-state index contributed by atoms with van der Waals surface area (Å²) in [6, 6.07) is 7.34. The molecule has 22 heavy (non-hydrogen) atoms. The number of rotatable bonds is 5. The maximum absolute atomic E-state index is 12.0. The van der Waals surface area contributed by atoms with Crippen LogP contribution in [0.25, 0.3) is 0 Å². The van der Waals surface area contributed by atoms with Crippen LogP contribution in [0.1, 0.15) is 18.9 Å². The summed E-state index contributed by atoms with van der Waals surface area (Å²) in [5, 5.41) is 13.3. The van der Waals surface area contributed by atoms with Crippen LogP contribution in [0.3, 0.4) is 0 Å². The van der Waals surface area contributed by atoms with Crippen molar-refractivity contribution in [3.8, 4) is 0 Å². The smallest absolute Gasteiger partial charge is 0.317 e. The highest BCUT2D eigenvalue weighted by Crippen LogP contribution is 2.16. The van der Waals surface area contributed by atoms with Crippen LogP contribution in [0.4, 0.5) is 4.79 Å². The highest BCUT2D eigenvalue weighted by Gasteiger charge is 2.26. The number of hydrogen-bond acceptors (Lipinski definition) is 3. The van der Waals surface area contributed by atoms with Gasteiger partial charge < -0.3 is 20.1 Å². The number of β-amino-alcohol motifs (C(OH)–C–C–N with tert-alkyl or cyclic N) is 1. The monoisotopic (exact) mass is 326 g/mol. The predicted octanol–water partition coefficient (Wildman–Crippen LogP) is 2.27. The minimum Gasteiger partial charge on any atom is -0.391 e. The number of nitrogens with one attached hydrogen (secondary N) is 1. The van der Waals surface area contributed by atoms with Gasteiger partial charge in [-0.1, -0.05) is 30.7 Å². The standard InChI is InChI=1S/C16H23ClN2O3/c1-12-6-8-19(10-15(12)20)16(21)18-7-9-22-11-13-2-4-14(17)5-3-13/h2-5,12,15,20H,6-11H2,1H3,(H,18,21)/t12-,15+/m1/s1. The number of benzene rings is 1. The zero-order valence-electron chi connectivity index (χ0n) is 12.8. The lowest BCUT2D eigenvalue weighted by atomic mass is 9.96. The van der Waals surface area contributed by atoms with E-state index in [-0.39, 0.29) is 11.9 Å². The van der Waals surface area contributed by atoms with E-state index < -0.39 is 6.10 Å². The first-order chi connectivity index (χ1) is 10.6. The van der Waals surface area contributed by atoms with E-state index in [1.807, 2.05) is 31.2 Å². The maximum Gasteiger partial charge on any atom is 0.317 e. The fourth-order valence-electron chi connectivity index (χ4n) is 2.35. The maximum atomic E-state index is 12.0. The molecule has 2 rings (SSSR count). The average molecular weight is 327 g/mol. The first kappa shape index (κ1) is 17.1. The number of ether oxygens (including phenoxy) is 1. The number of carbonyl (C=O) groups is 1. The summed E-state index contributed by atoms with van der Waals surface area (Å²) in [4.78, 5) is 13.6. The summed E-state index contributed by atoms with van der Waals surface area (Å²) >= 11 is 5.81. The number of amides is 2. The molecule has 1 aliphatic rings. The third kappa shape index (κ3) is 5.16. The van der Waals surface area contributed by atoms with Crippen molar-refractivity contribution < 1.29 is 14.6 Å². The second-order valence-corrected chi connectivity index (χ2v) is 6.13. The number of piperidine rings is 1. The van der Waals surface area contributed by atoms with Crippen LogP contribution in [0, 0.1) is 5.92 Å². The fourth-order valence-corrected chi connectivity index (χ4v) is 2.47. The lowest BCUT2D eigenvalue weighted by Crippen LogP contribution is -2.50. The zero-order chi connectivity index (χ0) is 15.9. The van der Waals surface area contributed by atoms with Crippen molar-refractivity contribution >= 4 is 17.6 Å². The number of hydrogen-bond donors (Lipinski definition) is 2. The van der Waals surface area contributed by atoms with Gasteiger partial charge >= 0.3 is 6.03 Å². The highest BCUT2D eigenvalue weighted by atomic mass is 35.5. The van der Waals surface area contributed by atoms with E-state index >= 15 is 0 Å². The number of aliphatic hydroxyl groups is 1. The molecule has 2 N–H and O–H groups in total. The normalized spacial score (nSPS) is 21.7. The molecular formula is C16H23ClN2O3. The van der Waals surface area contributed by atoms with Gasteiger partial charge in [0.25, 0.3) is 0 Å². The number of aliphatic hydroxyl groups excluding tert-OH is 1. The number of likely N-dealkylation sites (tertiary alicyclic amines) is 1. The van der Waals surface area contributed by atoms with Crippen LogP contribution >= 0.6 is 11.6 Å². The molecule has 6 heteroatoms. The van der Waals surface area contributed by atoms with Gasteiger partial charge in [0.2, 0.25) is 0 Å². The molecule has 0 spiro atoms. The number of nitrogens with zero attached hydrogens (tertiary/aromatic N) is 1. The van der Waals surface area contributed by atoms with Crippen LogP contribution in [0.15, 0.2) is 24.3 Å². The van der Waals surface area contributed by atoms with E-state index in [1.54, 1.807) is 4.90 Å². The Hall–Kier alpha value is -1.30. The molecule has 0 saturated carbocycles. The van der Waals surface area contributed by atoms with Crippen molar-refractivity contribution in [3.63, 3.8) is 0 Å². The number of urea groups is 1. The molecule has 1 saturated heterocycles. The lowest BCUT2D eigenvalue weighted by Gasteiger charge is -2.34. The van der Waals surface area contributed by atoms with Crippen LogP contribution in [0.2, 0.25) is 5.02 Å². The van der Waals surface area contributed by atoms with Gasteiger partial charge in [-0.05, 0) is 30.0 Å². The van der Waals surface area contributed by atoms with Crippen molar-refractivity contribution in [1.29, 1.82) is 0 Å². The Bertz CT molecular complexity index is 481. The molecule has 5 nitrogen and oxygen atoms in total. The molecule has 1 heterocycles. The van der Waals surface area contributed by atoms with Crippen molar-refractivity contribution in [1.82, 2.24) is 10.2 Å². The quantitative estimate of drug-likeness (QED) is 0.816. The van der Waals surface area contributed by atoms with Crippen LogP contribution < -0.4 is 5.32 Å². The minimum absolute atomic E-state index is 0.138. The van der Waals surface area contributed by atoms with E-state index in [9.17, 15) is 9.90 Å². The lowest BCUT2D eigenvalue weighted by molar-refractivity contribution is 0.0428. The third-order valence-electron chi connectivity index (χ3n) is 3.91. The molecule has 0 radical (unpaired) electrons. The third-order valence-corrected chi connectivity index (χ3v) is 4.16. The van der Waals surface area contributed by atoms with E-state index in [0.29, 0.717) is 37.9 Å². The molecule has 2 amide bonds. The first-order valence-corrected chi connectivity index (χ1v) is 7.97. The van der Waals surface area contributed by atoms with E-state index in [0.717, 1.165) is 12.0 Å². The second-order valence-electron chi connectivity index (χ2n) is 5.69. The fraction of sp³-hybridized carbons (Fsp3) is 0.562. The topological polar surface area (TPSA) is 61.8 Å². The van der Waals surface area contributed by atoms with Gasteiger partial charge in [0, 0.05) is 24.7 Å². The summed E-state index contributed by atoms with van der Waals surface area (Å²) in [5.41, 5.74) is 1.05. The Labute approximate surface area is 136 Å². The van der Waals surface area contributed by atoms with Crippen molar-refractivity contribution in [3.05, 3.63) is 34.9 Å². The average Bonchev–Trinajstić information content (AvgIpc) is 2.51.